The molecule has 1 aromatic carbocycles. The SMILES string of the molecule is O=C(COc1ccccc1C(F)(F)F)NCc1ccnc(N2CCCC2)c1. The van der Waals surface area contributed by atoms with Crippen molar-refractivity contribution in [1.29, 1.82) is 0 Å². The number of hydrogen-bond donors (Lipinski definition) is 1. The second kappa shape index (κ2) is 8.28. The maximum atomic E-state index is 12.9. The van der Waals surface area contributed by atoms with Gasteiger partial charge < -0.3 is 15.0 Å². The fraction of sp³-hybridized carbons (Fsp3) is 0.368. The van der Waals surface area contributed by atoms with Crippen molar-refractivity contribution in [3.8, 4) is 5.75 Å². The quantitative estimate of drug-likeness (QED) is 0.836. The van der Waals surface area contributed by atoms with Crippen LogP contribution in [-0.4, -0.2) is 30.6 Å². The Labute approximate surface area is 155 Å². The van der Waals surface area contributed by atoms with Gasteiger partial charge in [-0.05, 0) is 42.7 Å². The van der Waals surface area contributed by atoms with Gasteiger partial charge in [-0.15, -0.1) is 0 Å². The fourth-order valence-electron chi connectivity index (χ4n) is 2.91. The highest BCUT2D eigenvalue weighted by atomic mass is 19.4. The Hall–Kier alpha value is -2.77. The van der Waals surface area contributed by atoms with E-state index in [1.54, 1.807) is 12.3 Å². The number of carbonyl (C=O) groups is 1. The number of ether oxygens (including phenoxy) is 1. The minimum atomic E-state index is -4.53. The molecule has 27 heavy (non-hydrogen) atoms. The number of nitrogens with one attached hydrogen (secondary N) is 1. The van der Waals surface area contributed by atoms with Crippen LogP contribution in [-0.2, 0) is 17.5 Å². The summed E-state index contributed by atoms with van der Waals surface area (Å²) in [5.74, 6) is 0.0153. The molecule has 2 heterocycles. The van der Waals surface area contributed by atoms with E-state index in [4.69, 9.17) is 4.74 Å². The van der Waals surface area contributed by atoms with Crippen LogP contribution in [0.4, 0.5) is 19.0 Å². The number of halogens is 3. The summed E-state index contributed by atoms with van der Waals surface area (Å²) in [7, 11) is 0. The van der Waals surface area contributed by atoms with Crippen LogP contribution < -0.4 is 15.0 Å². The molecule has 3 rings (SSSR count). The molecule has 144 valence electrons. The third kappa shape index (κ3) is 5.12. The van der Waals surface area contributed by atoms with Crippen molar-refractivity contribution >= 4 is 11.7 Å². The number of carbonyl (C=O) groups excluding carboxylic acids is 1. The zero-order chi connectivity index (χ0) is 19.3. The van der Waals surface area contributed by atoms with Crippen LogP contribution in [0.5, 0.6) is 5.75 Å². The molecule has 1 saturated heterocycles. The zero-order valence-electron chi connectivity index (χ0n) is 14.6. The molecule has 0 atom stereocenters. The van der Waals surface area contributed by atoms with Crippen molar-refractivity contribution in [3.63, 3.8) is 0 Å². The number of alkyl halides is 3. The van der Waals surface area contributed by atoms with Crippen molar-refractivity contribution in [3.05, 3.63) is 53.7 Å². The van der Waals surface area contributed by atoms with E-state index in [0.29, 0.717) is 0 Å². The number of hydrogen-bond acceptors (Lipinski definition) is 4. The van der Waals surface area contributed by atoms with Crippen LogP contribution >= 0.6 is 0 Å². The third-order valence-corrected chi connectivity index (χ3v) is 4.28. The Morgan fingerprint density at radius 2 is 1.93 bits per heavy atom. The molecule has 1 aromatic heterocycles. The number of anilines is 1. The summed E-state index contributed by atoms with van der Waals surface area (Å²) in [5.41, 5.74) is -0.0295. The number of amides is 1. The van der Waals surface area contributed by atoms with Crippen LogP contribution in [0.2, 0.25) is 0 Å². The van der Waals surface area contributed by atoms with E-state index in [-0.39, 0.29) is 12.3 Å². The van der Waals surface area contributed by atoms with Crippen molar-refractivity contribution < 1.29 is 22.7 Å². The lowest BCUT2D eigenvalue weighted by atomic mass is 10.2. The van der Waals surface area contributed by atoms with Crippen molar-refractivity contribution in [1.82, 2.24) is 10.3 Å². The van der Waals surface area contributed by atoms with Gasteiger partial charge in [0.25, 0.3) is 5.91 Å². The highest BCUT2D eigenvalue weighted by Gasteiger charge is 2.34. The fourth-order valence-corrected chi connectivity index (χ4v) is 2.91. The number of para-hydroxylation sites is 1. The Balaban J connectivity index is 1.53. The largest absolute Gasteiger partial charge is 0.483 e. The molecular weight excluding hydrogens is 359 g/mol. The predicted octanol–water partition coefficient (Wildman–Crippen LogP) is 3.40. The van der Waals surface area contributed by atoms with Crippen molar-refractivity contribution in [2.45, 2.75) is 25.6 Å². The van der Waals surface area contributed by atoms with Crippen LogP contribution in [0.25, 0.3) is 0 Å². The van der Waals surface area contributed by atoms with Crippen LogP contribution in [0.15, 0.2) is 42.6 Å². The van der Waals surface area contributed by atoms with Gasteiger partial charge in [-0.1, -0.05) is 12.1 Å². The summed E-state index contributed by atoms with van der Waals surface area (Å²) in [4.78, 5) is 18.5. The summed E-state index contributed by atoms with van der Waals surface area (Å²) in [6, 6.07) is 8.52. The predicted molar refractivity (Wildman–Crippen MR) is 94.5 cm³/mol. The topological polar surface area (TPSA) is 54.5 Å². The molecule has 1 aliphatic heterocycles. The number of aromatic nitrogens is 1. The molecule has 1 aliphatic rings. The minimum Gasteiger partial charge on any atom is -0.483 e. The summed E-state index contributed by atoms with van der Waals surface area (Å²) in [6.45, 7) is 1.70. The maximum Gasteiger partial charge on any atom is 0.419 e. The molecule has 5 nitrogen and oxygen atoms in total. The van der Waals surface area contributed by atoms with E-state index in [1.807, 2.05) is 6.07 Å². The van der Waals surface area contributed by atoms with E-state index in [2.05, 4.69) is 15.2 Å². The molecular formula is C19H20F3N3O2. The molecule has 2 aromatic rings. The standard InChI is InChI=1S/C19H20F3N3O2/c20-19(21,22)15-5-1-2-6-16(15)27-13-18(26)24-12-14-7-8-23-17(11-14)25-9-3-4-10-25/h1-2,5-8,11H,3-4,9-10,12-13H2,(H,24,26). The monoisotopic (exact) mass is 379 g/mol. The lowest BCUT2D eigenvalue weighted by Gasteiger charge is -2.17. The van der Waals surface area contributed by atoms with Gasteiger partial charge in [0.05, 0.1) is 5.56 Å². The third-order valence-electron chi connectivity index (χ3n) is 4.28. The molecule has 0 bridgehead atoms. The molecule has 0 spiro atoms. The summed E-state index contributed by atoms with van der Waals surface area (Å²) >= 11 is 0. The Kier molecular flexibility index (Phi) is 5.83. The zero-order valence-corrected chi connectivity index (χ0v) is 14.6. The van der Waals surface area contributed by atoms with E-state index in [1.165, 1.54) is 18.2 Å². The first kappa shape index (κ1) is 19.0. The lowest BCUT2D eigenvalue weighted by molar-refractivity contribution is -0.139. The van der Waals surface area contributed by atoms with Crippen LogP contribution in [0.1, 0.15) is 24.0 Å². The molecule has 1 fully saturated rings. The van der Waals surface area contributed by atoms with Gasteiger partial charge in [0, 0.05) is 25.8 Å². The molecule has 0 radical (unpaired) electrons. The number of benzene rings is 1. The first-order valence-corrected chi connectivity index (χ1v) is 8.69. The van der Waals surface area contributed by atoms with Crippen molar-refractivity contribution in [2.24, 2.45) is 0 Å². The average molecular weight is 379 g/mol. The summed E-state index contributed by atoms with van der Waals surface area (Å²) < 4.78 is 43.8. The molecule has 0 aliphatic carbocycles. The van der Waals surface area contributed by atoms with Gasteiger partial charge in [0.2, 0.25) is 0 Å². The molecule has 8 heteroatoms. The number of rotatable bonds is 6. The average Bonchev–Trinajstić information content (AvgIpc) is 3.19. The van der Waals surface area contributed by atoms with E-state index < -0.39 is 24.3 Å². The highest BCUT2D eigenvalue weighted by Crippen LogP contribution is 2.35. The first-order valence-electron chi connectivity index (χ1n) is 8.69. The van der Waals surface area contributed by atoms with Gasteiger partial charge in [0.15, 0.2) is 6.61 Å². The van der Waals surface area contributed by atoms with E-state index in [9.17, 15) is 18.0 Å². The molecule has 0 unspecified atom stereocenters. The second-order valence-corrected chi connectivity index (χ2v) is 6.28. The summed E-state index contributed by atoms with van der Waals surface area (Å²) in [6.07, 6.45) is -0.569. The molecule has 0 saturated carbocycles. The number of nitrogens with zero attached hydrogens (tertiary/aromatic N) is 2. The van der Waals surface area contributed by atoms with Gasteiger partial charge >= 0.3 is 6.18 Å². The lowest BCUT2D eigenvalue weighted by Crippen LogP contribution is -2.29. The Morgan fingerprint density at radius 1 is 1.19 bits per heavy atom. The normalized spacial score (nSPS) is 14.3. The first-order chi connectivity index (χ1) is 12.9. The smallest absolute Gasteiger partial charge is 0.419 e. The molecule has 1 N–H and O–H groups in total. The van der Waals surface area contributed by atoms with Gasteiger partial charge in [-0.25, -0.2) is 4.98 Å². The van der Waals surface area contributed by atoms with Crippen LogP contribution in [0.3, 0.4) is 0 Å². The summed E-state index contributed by atoms with van der Waals surface area (Å²) in [5, 5.41) is 2.65. The van der Waals surface area contributed by atoms with Gasteiger partial charge in [0.1, 0.15) is 11.6 Å². The highest BCUT2D eigenvalue weighted by molar-refractivity contribution is 5.77. The molecule has 1 amide bonds. The Bertz CT molecular complexity index is 790. The van der Waals surface area contributed by atoms with E-state index >= 15 is 0 Å². The van der Waals surface area contributed by atoms with E-state index in [0.717, 1.165) is 43.4 Å². The maximum absolute atomic E-state index is 12.9. The van der Waals surface area contributed by atoms with Gasteiger partial charge in [-0.2, -0.15) is 13.2 Å². The second-order valence-electron chi connectivity index (χ2n) is 6.28. The van der Waals surface area contributed by atoms with Crippen LogP contribution in [0, 0.1) is 0 Å². The van der Waals surface area contributed by atoms with Gasteiger partial charge in [-0.3, -0.25) is 4.79 Å². The minimum absolute atomic E-state index is 0.256. The number of pyridine rings is 1. The van der Waals surface area contributed by atoms with Crippen molar-refractivity contribution in [2.75, 3.05) is 24.6 Å². The Morgan fingerprint density at radius 3 is 2.67 bits per heavy atom.